The van der Waals surface area contributed by atoms with Gasteiger partial charge < -0.3 is 10.5 Å². The number of hydrogen-bond acceptors (Lipinski definition) is 5. The molecule has 0 aliphatic rings. The average molecular weight is 263 g/mol. The zero-order chi connectivity index (χ0) is 13.5. The van der Waals surface area contributed by atoms with Crippen LogP contribution in [-0.2, 0) is 9.53 Å². The third-order valence-corrected chi connectivity index (χ3v) is 2.30. The Morgan fingerprint density at radius 1 is 1.35 bits per heavy atom. The summed E-state index contributed by atoms with van der Waals surface area (Å²) in [6.45, 7) is 5.20. The van der Waals surface area contributed by atoms with Gasteiger partial charge in [-0.15, -0.1) is 0 Å². The van der Waals surface area contributed by atoms with Gasteiger partial charge in [-0.25, -0.2) is 10.2 Å². The van der Waals surface area contributed by atoms with Crippen molar-refractivity contribution in [1.82, 2.24) is 10.9 Å². The zero-order valence-corrected chi connectivity index (χ0v) is 11.5. The second kappa shape index (κ2) is 7.39. The van der Waals surface area contributed by atoms with E-state index in [1.54, 1.807) is 32.5 Å². The van der Waals surface area contributed by atoms with Crippen molar-refractivity contribution in [2.75, 3.05) is 12.0 Å². The summed E-state index contributed by atoms with van der Waals surface area (Å²) in [4.78, 5) is 22.6. The molecule has 4 N–H and O–H groups in total. The number of thioether (sulfide) groups is 1. The van der Waals surface area contributed by atoms with Crippen LogP contribution in [0.4, 0.5) is 4.79 Å². The van der Waals surface area contributed by atoms with Gasteiger partial charge in [0.2, 0.25) is 0 Å². The fraction of sp³-hybridized carbons (Fsp3) is 0.800. The second-order valence-corrected chi connectivity index (χ2v) is 5.49. The fourth-order valence-electron chi connectivity index (χ4n) is 0.885. The van der Waals surface area contributed by atoms with Gasteiger partial charge in [-0.2, -0.15) is 11.8 Å². The van der Waals surface area contributed by atoms with Gasteiger partial charge in [0.25, 0.3) is 5.91 Å². The molecule has 0 radical (unpaired) electrons. The summed E-state index contributed by atoms with van der Waals surface area (Å²) in [5.41, 5.74) is 9.36. The molecule has 1 atom stereocenters. The summed E-state index contributed by atoms with van der Waals surface area (Å²) in [5.74, 6) is 0.367. The number of nitrogens with two attached hydrogens (primary N) is 1. The third-order valence-electron chi connectivity index (χ3n) is 1.66. The Balaban J connectivity index is 3.87. The Labute approximate surface area is 106 Å². The quantitative estimate of drug-likeness (QED) is 0.647. The lowest BCUT2D eigenvalue weighted by Gasteiger charge is -2.20. The molecule has 0 heterocycles. The summed E-state index contributed by atoms with van der Waals surface area (Å²) in [6, 6.07) is -0.627. The number of ether oxygens (including phenoxy) is 1. The molecular formula is C10H21N3O3S. The second-order valence-electron chi connectivity index (χ2n) is 4.50. The molecule has 0 aromatic rings. The van der Waals surface area contributed by atoms with Crippen molar-refractivity contribution < 1.29 is 14.3 Å². The monoisotopic (exact) mass is 263 g/mol. The maximum atomic E-state index is 11.4. The maximum Gasteiger partial charge on any atom is 0.426 e. The summed E-state index contributed by atoms with van der Waals surface area (Å²) < 4.78 is 4.94. The van der Waals surface area contributed by atoms with E-state index in [0.29, 0.717) is 6.42 Å². The van der Waals surface area contributed by atoms with Gasteiger partial charge in [0.05, 0.1) is 6.04 Å². The molecule has 0 spiro atoms. The molecule has 0 saturated carbocycles. The Hall–Kier alpha value is -0.950. The number of nitrogens with one attached hydrogen (secondary N) is 2. The predicted molar refractivity (Wildman–Crippen MR) is 68.5 cm³/mol. The van der Waals surface area contributed by atoms with Crippen molar-refractivity contribution in [3.8, 4) is 0 Å². The van der Waals surface area contributed by atoms with Crippen molar-refractivity contribution in [3.05, 3.63) is 0 Å². The fourth-order valence-corrected chi connectivity index (χ4v) is 1.37. The average Bonchev–Trinajstić information content (AvgIpc) is 2.20. The molecule has 0 unspecified atom stereocenters. The van der Waals surface area contributed by atoms with E-state index in [2.05, 4.69) is 10.9 Å². The smallest absolute Gasteiger partial charge is 0.426 e. The highest BCUT2D eigenvalue weighted by molar-refractivity contribution is 7.98. The molecular weight excluding hydrogens is 242 g/mol. The molecule has 0 aliphatic heterocycles. The molecule has 0 aromatic carbocycles. The van der Waals surface area contributed by atoms with Crippen LogP contribution in [0.25, 0.3) is 0 Å². The lowest BCUT2D eigenvalue weighted by Crippen LogP contribution is -2.50. The molecule has 0 fully saturated rings. The van der Waals surface area contributed by atoms with Crippen LogP contribution < -0.4 is 16.6 Å². The first-order valence-electron chi connectivity index (χ1n) is 5.29. The number of rotatable bonds is 4. The number of carbonyl (C=O) groups excluding carboxylic acids is 2. The third kappa shape index (κ3) is 8.82. The van der Waals surface area contributed by atoms with Crippen LogP contribution in [0.3, 0.4) is 0 Å². The minimum atomic E-state index is -0.706. The highest BCUT2D eigenvalue weighted by atomic mass is 32.2. The van der Waals surface area contributed by atoms with Gasteiger partial charge in [0.15, 0.2) is 0 Å². The van der Waals surface area contributed by atoms with Gasteiger partial charge in [-0.05, 0) is 39.2 Å². The Kier molecular flexibility index (Phi) is 6.98. The number of hydrazine groups is 1. The summed E-state index contributed by atoms with van der Waals surface area (Å²) in [7, 11) is 0. The van der Waals surface area contributed by atoms with E-state index in [1.165, 1.54) is 0 Å². The van der Waals surface area contributed by atoms with Gasteiger partial charge in [0, 0.05) is 0 Å². The van der Waals surface area contributed by atoms with Crippen LogP contribution in [0.1, 0.15) is 27.2 Å². The zero-order valence-electron chi connectivity index (χ0n) is 10.7. The van der Waals surface area contributed by atoms with Gasteiger partial charge >= 0.3 is 6.09 Å². The van der Waals surface area contributed by atoms with E-state index >= 15 is 0 Å². The van der Waals surface area contributed by atoms with Crippen LogP contribution in [0.2, 0.25) is 0 Å². The van der Waals surface area contributed by atoms with Crippen LogP contribution in [0.15, 0.2) is 0 Å². The predicted octanol–water partition coefficient (Wildman–Crippen LogP) is 0.623. The molecule has 0 aliphatic carbocycles. The minimum absolute atomic E-state index is 0.426. The molecule has 17 heavy (non-hydrogen) atoms. The minimum Gasteiger partial charge on any atom is -0.443 e. The summed E-state index contributed by atoms with van der Waals surface area (Å²) >= 11 is 1.61. The van der Waals surface area contributed by atoms with Crippen LogP contribution in [0.5, 0.6) is 0 Å². The van der Waals surface area contributed by atoms with Crippen LogP contribution >= 0.6 is 11.8 Å². The number of carbonyl (C=O) groups is 2. The van der Waals surface area contributed by atoms with Gasteiger partial charge in [-0.1, -0.05) is 0 Å². The largest absolute Gasteiger partial charge is 0.443 e. The van der Waals surface area contributed by atoms with Crippen molar-refractivity contribution in [1.29, 1.82) is 0 Å². The topological polar surface area (TPSA) is 93.5 Å². The van der Waals surface area contributed by atoms with E-state index in [0.717, 1.165) is 5.75 Å². The molecule has 100 valence electrons. The molecule has 0 bridgehead atoms. The van der Waals surface area contributed by atoms with Crippen molar-refractivity contribution in [3.63, 3.8) is 0 Å². The van der Waals surface area contributed by atoms with E-state index in [-0.39, 0.29) is 0 Å². The van der Waals surface area contributed by atoms with Gasteiger partial charge in [-0.3, -0.25) is 10.2 Å². The summed E-state index contributed by atoms with van der Waals surface area (Å²) in [5, 5.41) is 0. The molecule has 7 heteroatoms. The Morgan fingerprint density at radius 2 is 1.94 bits per heavy atom. The first kappa shape index (κ1) is 16.1. The Morgan fingerprint density at radius 3 is 2.41 bits per heavy atom. The molecule has 6 nitrogen and oxygen atoms in total. The number of amides is 2. The SMILES string of the molecule is CSCC[C@H](N)C(=O)NNC(=O)OC(C)(C)C. The highest BCUT2D eigenvalue weighted by Crippen LogP contribution is 2.05. The van der Waals surface area contributed by atoms with E-state index in [9.17, 15) is 9.59 Å². The van der Waals surface area contributed by atoms with Crippen LogP contribution in [0, 0.1) is 0 Å². The molecule has 0 rings (SSSR count). The van der Waals surface area contributed by atoms with Crippen molar-refractivity contribution in [2.24, 2.45) is 5.73 Å². The van der Waals surface area contributed by atoms with Crippen LogP contribution in [-0.4, -0.2) is 35.7 Å². The molecule has 0 saturated heterocycles. The van der Waals surface area contributed by atoms with Crippen molar-refractivity contribution >= 4 is 23.8 Å². The summed E-state index contributed by atoms with van der Waals surface area (Å²) in [6.07, 6.45) is 1.79. The lowest BCUT2D eigenvalue weighted by molar-refractivity contribution is -0.123. The van der Waals surface area contributed by atoms with Crippen molar-refractivity contribution in [2.45, 2.75) is 38.8 Å². The van der Waals surface area contributed by atoms with E-state index in [1.807, 2.05) is 6.26 Å². The normalized spacial score (nSPS) is 12.8. The Bertz CT molecular complexity index is 266. The van der Waals surface area contributed by atoms with E-state index in [4.69, 9.17) is 10.5 Å². The lowest BCUT2D eigenvalue weighted by atomic mass is 10.2. The van der Waals surface area contributed by atoms with E-state index < -0.39 is 23.6 Å². The maximum absolute atomic E-state index is 11.4. The number of hydrogen-bond donors (Lipinski definition) is 3. The highest BCUT2D eigenvalue weighted by Gasteiger charge is 2.18. The molecule has 2 amide bonds. The first-order valence-corrected chi connectivity index (χ1v) is 6.69. The molecule has 0 aromatic heterocycles. The van der Waals surface area contributed by atoms with Gasteiger partial charge in [0.1, 0.15) is 5.60 Å². The standard InChI is InChI=1S/C10H21N3O3S/c1-10(2,3)16-9(15)13-12-8(14)7(11)5-6-17-4/h7H,5-6,11H2,1-4H3,(H,12,14)(H,13,15)/t7-/m0/s1. The first-order chi connectivity index (χ1) is 7.76.